The monoisotopic (exact) mass is 381 g/mol. The van der Waals surface area contributed by atoms with Crippen molar-refractivity contribution < 1.29 is 4.79 Å². The summed E-state index contributed by atoms with van der Waals surface area (Å²) in [5, 5.41) is 6.46. The predicted molar refractivity (Wildman–Crippen MR) is 112 cm³/mol. The number of benzene rings is 2. The molecule has 0 radical (unpaired) electrons. The lowest BCUT2D eigenvalue weighted by Gasteiger charge is -2.34. The van der Waals surface area contributed by atoms with Gasteiger partial charge in [-0.25, -0.2) is 5.01 Å². The van der Waals surface area contributed by atoms with E-state index in [1.165, 1.54) is 5.57 Å². The number of halogens is 1. The first kappa shape index (κ1) is 19.3. The fraction of sp³-hybridized carbons (Fsp3) is 0.273. The van der Waals surface area contributed by atoms with Gasteiger partial charge in [-0.2, -0.15) is 5.10 Å². The number of hydrogen-bond acceptors (Lipinski definition) is 3. The van der Waals surface area contributed by atoms with Gasteiger partial charge in [-0.1, -0.05) is 60.7 Å². The first-order valence-corrected chi connectivity index (χ1v) is 9.01. The molecule has 0 aromatic heterocycles. The molecule has 2 heterocycles. The van der Waals surface area contributed by atoms with Crippen LogP contribution in [0.3, 0.4) is 0 Å². The molecule has 4 nitrogen and oxygen atoms in total. The summed E-state index contributed by atoms with van der Waals surface area (Å²) in [6, 6.07) is 20.5. The van der Waals surface area contributed by atoms with Crippen molar-refractivity contribution in [2.75, 3.05) is 20.1 Å². The molecule has 0 aliphatic carbocycles. The zero-order chi connectivity index (χ0) is 18.1. The minimum atomic E-state index is -0.0365. The normalized spacial score (nSPS) is 23.6. The number of nitrogens with zero attached hydrogens (tertiary/aromatic N) is 3. The summed E-state index contributed by atoms with van der Waals surface area (Å²) in [6.07, 6.45) is 2.20. The molecule has 1 saturated heterocycles. The van der Waals surface area contributed by atoms with E-state index in [1.54, 1.807) is 11.9 Å². The lowest BCUT2D eigenvalue weighted by molar-refractivity contribution is -0.131. The fourth-order valence-electron chi connectivity index (χ4n) is 3.99. The van der Waals surface area contributed by atoms with Gasteiger partial charge in [0, 0.05) is 25.9 Å². The van der Waals surface area contributed by atoms with E-state index in [9.17, 15) is 4.79 Å². The van der Waals surface area contributed by atoms with E-state index in [0.29, 0.717) is 0 Å². The maximum absolute atomic E-state index is 12.3. The van der Waals surface area contributed by atoms with Crippen molar-refractivity contribution in [3.8, 4) is 0 Å². The van der Waals surface area contributed by atoms with E-state index < -0.39 is 0 Å². The van der Waals surface area contributed by atoms with Crippen LogP contribution in [0, 0.1) is 5.92 Å². The molecule has 2 aromatic carbocycles. The highest BCUT2D eigenvalue weighted by molar-refractivity contribution is 6.08. The number of likely N-dealkylation sites (tertiary alicyclic amines) is 1. The first-order valence-electron chi connectivity index (χ1n) is 9.01. The Morgan fingerprint density at radius 3 is 2.33 bits per heavy atom. The molecule has 27 heavy (non-hydrogen) atoms. The van der Waals surface area contributed by atoms with Crippen LogP contribution < -0.4 is 0 Å². The van der Waals surface area contributed by atoms with E-state index >= 15 is 0 Å². The third-order valence-corrected chi connectivity index (χ3v) is 5.09. The third-order valence-electron chi connectivity index (χ3n) is 5.09. The lowest BCUT2D eigenvalue weighted by atomic mass is 9.83. The molecule has 1 fully saturated rings. The topological polar surface area (TPSA) is 35.9 Å². The summed E-state index contributed by atoms with van der Waals surface area (Å²) < 4.78 is 0. The molecule has 140 valence electrons. The van der Waals surface area contributed by atoms with E-state index in [0.717, 1.165) is 29.9 Å². The number of carbonyl (C=O) groups excluding carboxylic acids is 1. The number of likely N-dealkylation sites (N-methyl/N-ethyl adjacent to an activating group) is 1. The zero-order valence-corrected chi connectivity index (χ0v) is 16.4. The minimum Gasteiger partial charge on any atom is -0.301 e. The second-order valence-corrected chi connectivity index (χ2v) is 7.09. The summed E-state index contributed by atoms with van der Waals surface area (Å²) >= 11 is 0. The van der Waals surface area contributed by atoms with Crippen LogP contribution in [-0.4, -0.2) is 41.7 Å². The van der Waals surface area contributed by atoms with E-state index in [2.05, 4.69) is 42.3 Å². The van der Waals surface area contributed by atoms with Gasteiger partial charge in [-0.05, 0) is 29.8 Å². The summed E-state index contributed by atoms with van der Waals surface area (Å²) in [6.45, 7) is 3.34. The number of amides is 1. The summed E-state index contributed by atoms with van der Waals surface area (Å²) in [5.74, 6) is 0.178. The van der Waals surface area contributed by atoms with Gasteiger partial charge in [0.15, 0.2) is 0 Å². The standard InChI is InChI=1S/C22H23N3O.ClH/c1-16(26)25-22(18-11-7-4-8-12-18)20-15-24(2)14-19(21(20)23-25)13-17-9-5-3-6-10-17;/h3-13,20,22H,14-15H2,1-2H3;1H/b19-13+;. The Balaban J connectivity index is 0.00000210. The molecule has 1 amide bonds. The SMILES string of the molecule is CC(=O)N1N=C2/C(=C/c3ccccc3)CN(C)CC2C1c1ccccc1.Cl. The van der Waals surface area contributed by atoms with Crippen molar-refractivity contribution >= 4 is 30.1 Å². The Kier molecular flexibility index (Phi) is 5.78. The van der Waals surface area contributed by atoms with Gasteiger partial charge in [-0.15, -0.1) is 12.4 Å². The van der Waals surface area contributed by atoms with Gasteiger partial charge in [0.25, 0.3) is 0 Å². The molecule has 2 aromatic rings. The maximum Gasteiger partial charge on any atom is 0.240 e. The van der Waals surface area contributed by atoms with Crippen LogP contribution in [0.4, 0.5) is 0 Å². The Morgan fingerprint density at radius 2 is 1.70 bits per heavy atom. The Hall–Kier alpha value is -2.43. The minimum absolute atomic E-state index is 0. The van der Waals surface area contributed by atoms with Crippen LogP contribution in [0.2, 0.25) is 0 Å². The summed E-state index contributed by atoms with van der Waals surface area (Å²) in [5.41, 5.74) is 4.55. The van der Waals surface area contributed by atoms with Crippen LogP contribution >= 0.6 is 12.4 Å². The molecule has 2 aliphatic heterocycles. The van der Waals surface area contributed by atoms with Crippen LogP contribution in [0.1, 0.15) is 24.1 Å². The van der Waals surface area contributed by atoms with Crippen molar-refractivity contribution in [1.82, 2.24) is 9.91 Å². The van der Waals surface area contributed by atoms with Crippen LogP contribution in [0.5, 0.6) is 0 Å². The molecular formula is C22H24ClN3O. The third kappa shape index (κ3) is 3.82. The van der Waals surface area contributed by atoms with Gasteiger partial charge in [0.1, 0.15) is 0 Å². The molecular weight excluding hydrogens is 358 g/mol. The molecule has 2 unspecified atom stereocenters. The number of hydrazone groups is 1. The summed E-state index contributed by atoms with van der Waals surface area (Å²) in [4.78, 5) is 14.6. The number of fused-ring (bicyclic) bond motifs is 1. The average Bonchev–Trinajstić information content (AvgIpc) is 3.03. The van der Waals surface area contributed by atoms with Gasteiger partial charge >= 0.3 is 0 Å². The molecule has 2 aliphatic rings. The number of carbonyl (C=O) groups is 1. The Bertz CT molecular complexity index is 864. The second kappa shape index (κ2) is 8.07. The lowest BCUT2D eigenvalue weighted by Crippen LogP contribution is -2.42. The number of piperidine rings is 1. The molecule has 5 heteroatoms. The number of hydrogen-bond donors (Lipinski definition) is 0. The quantitative estimate of drug-likeness (QED) is 0.787. The molecule has 0 N–H and O–H groups in total. The Morgan fingerprint density at radius 1 is 1.07 bits per heavy atom. The van der Waals surface area contributed by atoms with E-state index in [1.807, 2.05) is 36.4 Å². The molecule has 0 spiro atoms. The zero-order valence-electron chi connectivity index (χ0n) is 15.6. The fourth-order valence-corrected chi connectivity index (χ4v) is 3.99. The van der Waals surface area contributed by atoms with Crippen LogP contribution in [0.15, 0.2) is 71.3 Å². The highest BCUT2D eigenvalue weighted by Gasteiger charge is 2.44. The average molecular weight is 382 g/mol. The van der Waals surface area contributed by atoms with Crippen LogP contribution in [0.25, 0.3) is 6.08 Å². The van der Waals surface area contributed by atoms with Crippen molar-refractivity contribution in [3.05, 3.63) is 77.4 Å². The van der Waals surface area contributed by atoms with Gasteiger partial charge in [0.2, 0.25) is 5.91 Å². The van der Waals surface area contributed by atoms with E-state index in [-0.39, 0.29) is 30.3 Å². The smallest absolute Gasteiger partial charge is 0.240 e. The van der Waals surface area contributed by atoms with Crippen molar-refractivity contribution in [2.45, 2.75) is 13.0 Å². The second-order valence-electron chi connectivity index (χ2n) is 7.09. The van der Waals surface area contributed by atoms with Crippen molar-refractivity contribution in [2.24, 2.45) is 11.0 Å². The molecule has 0 bridgehead atoms. The van der Waals surface area contributed by atoms with Gasteiger partial charge in [0.05, 0.1) is 11.8 Å². The van der Waals surface area contributed by atoms with Gasteiger partial charge < -0.3 is 4.90 Å². The first-order chi connectivity index (χ1) is 12.6. The van der Waals surface area contributed by atoms with Crippen LogP contribution in [-0.2, 0) is 4.79 Å². The predicted octanol–water partition coefficient (Wildman–Crippen LogP) is 4.01. The Labute approximate surface area is 166 Å². The maximum atomic E-state index is 12.3. The van der Waals surface area contributed by atoms with Crippen molar-refractivity contribution in [3.63, 3.8) is 0 Å². The molecule has 0 saturated carbocycles. The largest absolute Gasteiger partial charge is 0.301 e. The molecule has 2 atom stereocenters. The van der Waals surface area contributed by atoms with Gasteiger partial charge in [-0.3, -0.25) is 4.79 Å². The number of rotatable bonds is 2. The van der Waals surface area contributed by atoms with Crippen molar-refractivity contribution in [1.29, 1.82) is 0 Å². The summed E-state index contributed by atoms with van der Waals surface area (Å²) in [7, 11) is 2.13. The highest BCUT2D eigenvalue weighted by atomic mass is 35.5. The van der Waals surface area contributed by atoms with E-state index in [4.69, 9.17) is 5.10 Å². The highest BCUT2D eigenvalue weighted by Crippen LogP contribution is 2.40. The molecule has 4 rings (SSSR count).